The minimum Gasteiger partial charge on any atom is -0.379 e. The Morgan fingerprint density at radius 3 is 1.95 bits per heavy atom. The number of nitrogens with zero attached hydrogens (tertiary/aromatic N) is 1. The highest BCUT2D eigenvalue weighted by Crippen LogP contribution is 1.85. The predicted molar refractivity (Wildman–Crippen MR) is 86.4 cm³/mol. The maximum atomic E-state index is 10.6. The monoisotopic (exact) mass is 292 g/mol. The van der Waals surface area contributed by atoms with Crippen LogP contribution in [0.25, 0.3) is 0 Å². The summed E-state index contributed by atoms with van der Waals surface area (Å²) in [6.45, 7) is 14.4. The molecule has 0 aliphatic heterocycles. The van der Waals surface area contributed by atoms with Crippen molar-refractivity contribution >= 4 is 5.78 Å². The van der Waals surface area contributed by atoms with E-state index in [1.807, 2.05) is 41.8 Å². The minimum atomic E-state index is 0.0676. The first-order chi connectivity index (χ1) is 9.66. The van der Waals surface area contributed by atoms with Gasteiger partial charge in [0.05, 0.1) is 19.8 Å². The Bertz CT molecular complexity index is 179. The summed E-state index contributed by atoms with van der Waals surface area (Å²) in [7, 11) is 3.92. The van der Waals surface area contributed by atoms with Gasteiger partial charge in [-0.1, -0.05) is 27.7 Å². The van der Waals surface area contributed by atoms with Crippen molar-refractivity contribution < 1.29 is 14.3 Å². The van der Waals surface area contributed by atoms with Crippen LogP contribution in [0.4, 0.5) is 0 Å². The van der Waals surface area contributed by atoms with Crippen LogP contribution in [0.5, 0.6) is 0 Å². The van der Waals surface area contributed by atoms with Gasteiger partial charge in [-0.25, -0.2) is 0 Å². The molecule has 0 fully saturated rings. The van der Waals surface area contributed by atoms with E-state index in [9.17, 15) is 4.79 Å². The van der Waals surface area contributed by atoms with Crippen molar-refractivity contribution in [2.75, 3.05) is 60.2 Å². The predicted octanol–water partition coefficient (Wildman–Crippen LogP) is 1.81. The van der Waals surface area contributed by atoms with E-state index in [2.05, 4.69) is 10.2 Å². The van der Waals surface area contributed by atoms with Gasteiger partial charge in [0.1, 0.15) is 6.61 Å². The summed E-state index contributed by atoms with van der Waals surface area (Å²) in [5.74, 6) is 0.0676. The molecule has 0 bridgehead atoms. The maximum Gasteiger partial charge on any atom is 0.155 e. The number of carbonyl (C=O) groups is 1. The summed E-state index contributed by atoms with van der Waals surface area (Å²) < 4.78 is 10.6. The van der Waals surface area contributed by atoms with Crippen LogP contribution in [-0.2, 0) is 14.3 Å². The fourth-order valence-corrected chi connectivity index (χ4v) is 1.04. The number of hydrogen-bond acceptors (Lipinski definition) is 5. The Kier molecular flexibility index (Phi) is 28.9. The number of ether oxygens (including phenoxy) is 2. The van der Waals surface area contributed by atoms with E-state index in [1.165, 1.54) is 6.92 Å². The minimum absolute atomic E-state index is 0.0676. The summed E-state index contributed by atoms with van der Waals surface area (Å²) in [4.78, 5) is 12.7. The van der Waals surface area contributed by atoms with Gasteiger partial charge < -0.3 is 19.7 Å². The van der Waals surface area contributed by atoms with E-state index in [0.29, 0.717) is 6.61 Å². The Morgan fingerprint density at radius 2 is 1.50 bits per heavy atom. The molecule has 0 saturated carbocycles. The molecule has 1 N–H and O–H groups in total. The van der Waals surface area contributed by atoms with E-state index in [1.54, 1.807) is 0 Å². The molecule has 0 aromatic carbocycles. The van der Waals surface area contributed by atoms with Gasteiger partial charge in [-0.3, -0.25) is 4.79 Å². The molecular formula is C15H36N2O3. The van der Waals surface area contributed by atoms with Gasteiger partial charge in [0.15, 0.2) is 5.78 Å². The van der Waals surface area contributed by atoms with Crippen LogP contribution in [-0.4, -0.2) is 70.8 Å². The molecule has 0 radical (unpaired) electrons. The lowest BCUT2D eigenvalue weighted by Crippen LogP contribution is -2.28. The van der Waals surface area contributed by atoms with E-state index in [0.717, 1.165) is 32.8 Å². The number of ketones is 1. The van der Waals surface area contributed by atoms with Crippen molar-refractivity contribution in [2.45, 2.75) is 34.6 Å². The molecule has 0 spiro atoms. The van der Waals surface area contributed by atoms with Crippen LogP contribution in [0.1, 0.15) is 34.6 Å². The van der Waals surface area contributed by atoms with Gasteiger partial charge in [0.25, 0.3) is 0 Å². The van der Waals surface area contributed by atoms with Gasteiger partial charge in [-0.05, 0) is 21.0 Å². The zero-order chi connectivity index (χ0) is 16.2. The smallest absolute Gasteiger partial charge is 0.155 e. The largest absolute Gasteiger partial charge is 0.379 e. The van der Waals surface area contributed by atoms with Gasteiger partial charge in [-0.2, -0.15) is 0 Å². The van der Waals surface area contributed by atoms with Crippen LogP contribution in [0.15, 0.2) is 0 Å². The first-order valence-electron chi connectivity index (χ1n) is 7.65. The molecule has 0 amide bonds. The van der Waals surface area contributed by atoms with Crippen LogP contribution in [0.3, 0.4) is 0 Å². The summed E-state index contributed by atoms with van der Waals surface area (Å²) in [6.07, 6.45) is 0. The lowest BCUT2D eigenvalue weighted by Gasteiger charge is -2.16. The molecular weight excluding hydrogens is 256 g/mol. The Morgan fingerprint density at radius 1 is 1.00 bits per heavy atom. The van der Waals surface area contributed by atoms with E-state index in [4.69, 9.17) is 9.47 Å². The van der Waals surface area contributed by atoms with Crippen molar-refractivity contribution in [2.24, 2.45) is 0 Å². The molecule has 124 valence electrons. The molecule has 0 saturated heterocycles. The average molecular weight is 292 g/mol. The zero-order valence-electron chi connectivity index (χ0n) is 14.6. The molecule has 5 nitrogen and oxygen atoms in total. The SMILES string of the molecule is CC.CC.CNCCOCCN(C)CCOCC(C)=O. The standard InChI is InChI=1S/C11H24N2O3.2C2H6/c1-11(14)10-16-9-6-13(3)5-8-15-7-4-12-2;2*1-2/h12H,4-10H2,1-3H3;2*1-2H3. The summed E-state index contributed by atoms with van der Waals surface area (Å²) in [5.41, 5.74) is 0. The lowest BCUT2D eigenvalue weighted by molar-refractivity contribution is -0.121. The second kappa shape index (κ2) is 23.6. The number of carbonyl (C=O) groups excluding carboxylic acids is 1. The Balaban J connectivity index is -0.000000656. The van der Waals surface area contributed by atoms with Crippen molar-refractivity contribution in [1.82, 2.24) is 10.2 Å². The van der Waals surface area contributed by atoms with Crippen LogP contribution in [0.2, 0.25) is 0 Å². The van der Waals surface area contributed by atoms with Gasteiger partial charge in [-0.15, -0.1) is 0 Å². The highest BCUT2D eigenvalue weighted by atomic mass is 16.5. The molecule has 0 atom stereocenters. The third kappa shape index (κ3) is 26.1. The highest BCUT2D eigenvalue weighted by Gasteiger charge is 1.99. The van der Waals surface area contributed by atoms with Crippen molar-refractivity contribution in [3.63, 3.8) is 0 Å². The maximum absolute atomic E-state index is 10.6. The van der Waals surface area contributed by atoms with Crippen LogP contribution in [0, 0.1) is 0 Å². The first kappa shape index (κ1) is 24.5. The molecule has 0 aromatic heterocycles. The molecule has 0 aliphatic carbocycles. The molecule has 0 rings (SSSR count). The van der Waals surface area contributed by atoms with E-state index < -0.39 is 0 Å². The first-order valence-corrected chi connectivity index (χ1v) is 7.65. The molecule has 0 aliphatic rings. The molecule has 0 aromatic rings. The van der Waals surface area contributed by atoms with Gasteiger partial charge in [0.2, 0.25) is 0 Å². The zero-order valence-corrected chi connectivity index (χ0v) is 14.6. The van der Waals surface area contributed by atoms with E-state index in [-0.39, 0.29) is 12.4 Å². The Labute approximate surface area is 126 Å². The van der Waals surface area contributed by atoms with Crippen LogP contribution < -0.4 is 5.32 Å². The third-order valence-corrected chi connectivity index (χ3v) is 2.04. The Hall–Kier alpha value is -0.490. The van der Waals surface area contributed by atoms with E-state index >= 15 is 0 Å². The number of likely N-dealkylation sites (N-methyl/N-ethyl adjacent to an activating group) is 2. The quantitative estimate of drug-likeness (QED) is 0.589. The van der Waals surface area contributed by atoms with Crippen molar-refractivity contribution in [1.29, 1.82) is 0 Å². The second-order valence-electron chi connectivity index (χ2n) is 3.77. The second-order valence-corrected chi connectivity index (χ2v) is 3.77. The number of Topliss-reactive ketones (excluding diaryl/α,β-unsaturated/α-hetero) is 1. The normalized spacial score (nSPS) is 9.40. The van der Waals surface area contributed by atoms with Crippen molar-refractivity contribution in [3.05, 3.63) is 0 Å². The number of nitrogens with one attached hydrogen (secondary N) is 1. The van der Waals surface area contributed by atoms with Crippen LogP contribution >= 0.6 is 0 Å². The number of rotatable bonds is 11. The number of hydrogen-bond donors (Lipinski definition) is 1. The summed E-state index contributed by atoms with van der Waals surface area (Å²) in [6, 6.07) is 0. The van der Waals surface area contributed by atoms with Gasteiger partial charge >= 0.3 is 0 Å². The molecule has 5 heteroatoms. The fraction of sp³-hybridized carbons (Fsp3) is 0.933. The molecule has 0 unspecified atom stereocenters. The molecule has 20 heavy (non-hydrogen) atoms. The lowest BCUT2D eigenvalue weighted by atomic mass is 10.5. The fourth-order valence-electron chi connectivity index (χ4n) is 1.04. The summed E-state index contributed by atoms with van der Waals surface area (Å²) >= 11 is 0. The van der Waals surface area contributed by atoms with Crippen molar-refractivity contribution in [3.8, 4) is 0 Å². The average Bonchev–Trinajstić information content (AvgIpc) is 2.47. The third-order valence-electron chi connectivity index (χ3n) is 2.04. The topological polar surface area (TPSA) is 50.8 Å². The molecule has 0 heterocycles. The van der Waals surface area contributed by atoms with Gasteiger partial charge in [0, 0.05) is 19.6 Å². The highest BCUT2D eigenvalue weighted by molar-refractivity contribution is 5.76. The summed E-state index contributed by atoms with van der Waals surface area (Å²) in [5, 5.41) is 3.02.